The molecule has 0 saturated carbocycles. The summed E-state index contributed by atoms with van der Waals surface area (Å²) in [6, 6.07) is 0. The van der Waals surface area contributed by atoms with Gasteiger partial charge in [-0.2, -0.15) is 12.6 Å². The van der Waals surface area contributed by atoms with Gasteiger partial charge in [-0.15, -0.1) is 18.3 Å². The zero-order valence-electron chi connectivity index (χ0n) is 9.75. The van der Waals surface area contributed by atoms with Crippen molar-refractivity contribution in [3.8, 4) is 0 Å². The smallest absolute Gasteiger partial charge is 0.153 e. The van der Waals surface area contributed by atoms with Crippen LogP contribution in [-0.4, -0.2) is 25.4 Å². The summed E-state index contributed by atoms with van der Waals surface area (Å²) in [5.41, 5.74) is 2.02. The van der Waals surface area contributed by atoms with Crippen LogP contribution >= 0.6 is 24.4 Å². The Morgan fingerprint density at radius 2 is 2.13 bits per heavy atom. The van der Waals surface area contributed by atoms with Crippen LogP contribution in [0.15, 0.2) is 22.9 Å². The minimum Gasteiger partial charge on any atom is -0.295 e. The standard InChI is InChI=1S/C11H20OS2Si/c1-5-15(3,4)11(9-10(2)12)14-8-6-7-13/h5,9,13H,1,6-8H2,2-4H3/b11-9-. The van der Waals surface area contributed by atoms with E-state index in [1.807, 2.05) is 5.70 Å². The number of carbonyl (C=O) groups is 1. The summed E-state index contributed by atoms with van der Waals surface area (Å²) in [6.07, 6.45) is 2.85. The third-order valence-corrected chi connectivity index (χ3v) is 7.72. The molecule has 1 nitrogen and oxygen atoms in total. The van der Waals surface area contributed by atoms with Gasteiger partial charge in [0.15, 0.2) is 5.78 Å². The van der Waals surface area contributed by atoms with Crippen molar-refractivity contribution in [2.45, 2.75) is 26.4 Å². The molecule has 0 aliphatic heterocycles. The largest absolute Gasteiger partial charge is 0.295 e. The van der Waals surface area contributed by atoms with Crippen molar-refractivity contribution in [1.82, 2.24) is 0 Å². The minimum absolute atomic E-state index is 0.130. The summed E-state index contributed by atoms with van der Waals surface area (Å²) in [7, 11) is -1.58. The molecule has 0 aromatic carbocycles. The maximum atomic E-state index is 11.1. The average Bonchev–Trinajstić information content (AvgIpc) is 2.16. The Hall–Kier alpha value is 0.0669. The van der Waals surface area contributed by atoms with Gasteiger partial charge in [-0.05, 0) is 35.5 Å². The first-order chi connectivity index (χ1) is 6.94. The Bertz CT molecular complexity index is 259. The fourth-order valence-electron chi connectivity index (χ4n) is 0.946. The lowest BCUT2D eigenvalue weighted by atomic mass is 10.5. The van der Waals surface area contributed by atoms with Crippen molar-refractivity contribution in [2.75, 3.05) is 11.5 Å². The van der Waals surface area contributed by atoms with Crippen molar-refractivity contribution in [1.29, 1.82) is 0 Å². The number of thiol groups is 1. The summed E-state index contributed by atoms with van der Waals surface area (Å²) in [5.74, 6) is 2.06. The van der Waals surface area contributed by atoms with Crippen LogP contribution in [0.3, 0.4) is 0 Å². The average molecular weight is 260 g/mol. The maximum absolute atomic E-state index is 11.1. The summed E-state index contributed by atoms with van der Waals surface area (Å²) in [6.45, 7) is 9.90. The van der Waals surface area contributed by atoms with Crippen molar-refractivity contribution in [3.05, 3.63) is 22.9 Å². The number of hydrogen-bond acceptors (Lipinski definition) is 3. The second-order valence-electron chi connectivity index (χ2n) is 3.97. The highest BCUT2D eigenvalue weighted by molar-refractivity contribution is 8.05. The highest BCUT2D eigenvalue weighted by Crippen LogP contribution is 2.28. The van der Waals surface area contributed by atoms with Gasteiger partial charge in [-0.25, -0.2) is 0 Å². The molecule has 0 spiro atoms. The Morgan fingerprint density at radius 3 is 2.53 bits per heavy atom. The highest BCUT2D eigenvalue weighted by atomic mass is 32.2. The van der Waals surface area contributed by atoms with Gasteiger partial charge in [0.25, 0.3) is 0 Å². The quantitative estimate of drug-likeness (QED) is 0.327. The fraction of sp³-hybridized carbons (Fsp3) is 0.545. The molecule has 0 bridgehead atoms. The van der Waals surface area contributed by atoms with Gasteiger partial charge in [-0.1, -0.05) is 18.8 Å². The number of carbonyl (C=O) groups excluding carboxylic acids is 1. The van der Waals surface area contributed by atoms with Gasteiger partial charge < -0.3 is 0 Å². The molecule has 0 aliphatic carbocycles. The normalized spacial score (nSPS) is 12.7. The first-order valence-electron chi connectivity index (χ1n) is 5.04. The van der Waals surface area contributed by atoms with E-state index in [-0.39, 0.29) is 5.78 Å². The molecule has 0 fully saturated rings. The molecular weight excluding hydrogens is 240 g/mol. The summed E-state index contributed by atoms with van der Waals surface area (Å²) < 4.78 is 1.23. The zero-order chi connectivity index (χ0) is 11.9. The van der Waals surface area contributed by atoms with E-state index in [1.54, 1.807) is 24.8 Å². The number of rotatable bonds is 7. The molecule has 0 rings (SSSR count). The summed E-state index contributed by atoms with van der Waals surface area (Å²) in [5, 5.41) is 0. The molecule has 0 aromatic rings. The van der Waals surface area contributed by atoms with E-state index in [1.165, 1.54) is 4.53 Å². The van der Waals surface area contributed by atoms with Crippen molar-refractivity contribution in [2.24, 2.45) is 0 Å². The predicted molar refractivity (Wildman–Crippen MR) is 77.4 cm³/mol. The lowest BCUT2D eigenvalue weighted by Crippen LogP contribution is -2.25. The molecule has 0 heterocycles. The Labute approximate surface area is 104 Å². The van der Waals surface area contributed by atoms with E-state index < -0.39 is 8.07 Å². The lowest BCUT2D eigenvalue weighted by Gasteiger charge is -2.21. The minimum atomic E-state index is -1.58. The van der Waals surface area contributed by atoms with Crippen LogP contribution in [0.5, 0.6) is 0 Å². The van der Waals surface area contributed by atoms with Gasteiger partial charge >= 0.3 is 0 Å². The Balaban J connectivity index is 4.60. The topological polar surface area (TPSA) is 17.1 Å². The van der Waals surface area contributed by atoms with Crippen LogP contribution in [-0.2, 0) is 4.79 Å². The van der Waals surface area contributed by atoms with E-state index in [9.17, 15) is 4.79 Å². The predicted octanol–water partition coefficient (Wildman–Crippen LogP) is 3.49. The van der Waals surface area contributed by atoms with Crippen LogP contribution in [0.1, 0.15) is 13.3 Å². The van der Waals surface area contributed by atoms with Gasteiger partial charge in [0, 0.05) is 0 Å². The fourth-order valence-corrected chi connectivity index (χ4v) is 4.90. The van der Waals surface area contributed by atoms with E-state index >= 15 is 0 Å². The molecule has 4 heteroatoms. The van der Waals surface area contributed by atoms with E-state index in [2.05, 4.69) is 32.3 Å². The van der Waals surface area contributed by atoms with Gasteiger partial charge in [-0.3, -0.25) is 4.79 Å². The van der Waals surface area contributed by atoms with E-state index in [4.69, 9.17) is 0 Å². The second-order valence-corrected chi connectivity index (χ2v) is 10.3. The van der Waals surface area contributed by atoms with Crippen molar-refractivity contribution >= 4 is 38.2 Å². The third-order valence-electron chi connectivity index (χ3n) is 2.04. The first kappa shape index (κ1) is 15.1. The molecule has 0 saturated heterocycles. The van der Waals surface area contributed by atoms with Gasteiger partial charge in [0.2, 0.25) is 0 Å². The molecule has 0 N–H and O–H groups in total. The molecule has 0 amide bonds. The molecule has 0 unspecified atom stereocenters. The molecular formula is C11H20OS2Si. The number of hydrogen-bond donors (Lipinski definition) is 1. The van der Waals surface area contributed by atoms with E-state index in [0.29, 0.717) is 0 Å². The first-order valence-corrected chi connectivity index (χ1v) is 9.73. The Morgan fingerprint density at radius 1 is 1.53 bits per heavy atom. The SMILES string of the molecule is C=C[Si](C)(C)/C(=C\C(C)=O)SCCCS. The molecule has 86 valence electrons. The van der Waals surface area contributed by atoms with Crippen LogP contribution in [0, 0.1) is 0 Å². The number of ketones is 1. The van der Waals surface area contributed by atoms with Crippen LogP contribution < -0.4 is 0 Å². The van der Waals surface area contributed by atoms with Crippen LogP contribution in [0.4, 0.5) is 0 Å². The van der Waals surface area contributed by atoms with Crippen molar-refractivity contribution in [3.63, 3.8) is 0 Å². The number of thioether (sulfide) groups is 1. The molecule has 0 radical (unpaired) electrons. The molecule has 0 aliphatic rings. The van der Waals surface area contributed by atoms with Gasteiger partial charge in [0.05, 0.1) is 0 Å². The Kier molecular flexibility index (Phi) is 7.39. The summed E-state index contributed by atoms with van der Waals surface area (Å²) >= 11 is 5.97. The number of allylic oxidation sites excluding steroid dienone is 1. The zero-order valence-corrected chi connectivity index (χ0v) is 12.5. The molecule has 15 heavy (non-hydrogen) atoms. The molecule has 0 aromatic heterocycles. The molecule has 0 atom stereocenters. The van der Waals surface area contributed by atoms with Crippen molar-refractivity contribution < 1.29 is 4.79 Å². The third kappa shape index (κ3) is 6.28. The summed E-state index contributed by atoms with van der Waals surface area (Å²) in [4.78, 5) is 11.1. The maximum Gasteiger partial charge on any atom is 0.153 e. The van der Waals surface area contributed by atoms with Crippen LogP contribution in [0.25, 0.3) is 0 Å². The monoisotopic (exact) mass is 260 g/mol. The second kappa shape index (κ2) is 7.36. The van der Waals surface area contributed by atoms with Crippen LogP contribution in [0.2, 0.25) is 13.1 Å². The van der Waals surface area contributed by atoms with E-state index in [0.717, 1.165) is 17.9 Å². The lowest BCUT2D eigenvalue weighted by molar-refractivity contribution is -0.112. The van der Waals surface area contributed by atoms with Gasteiger partial charge in [0.1, 0.15) is 8.07 Å². The highest BCUT2D eigenvalue weighted by Gasteiger charge is 2.22.